The number of aromatic hydroxyl groups is 1. The minimum atomic E-state index is 0.0274. The first-order valence-electron chi connectivity index (χ1n) is 5.27. The van der Waals surface area contributed by atoms with Gasteiger partial charge in [0.15, 0.2) is 11.5 Å². The lowest BCUT2D eigenvalue weighted by molar-refractivity contribution is 0.194. The molecule has 0 bridgehead atoms. The smallest absolute Gasteiger partial charge is 0.280 e. The highest BCUT2D eigenvalue weighted by Crippen LogP contribution is 2.24. The lowest BCUT2D eigenvalue weighted by Crippen LogP contribution is -1.94. The maximum atomic E-state index is 9.58. The van der Waals surface area contributed by atoms with Crippen LogP contribution in [0, 0.1) is 0 Å². The number of ether oxygens (including phenoxy) is 1. The predicted octanol–water partition coefficient (Wildman–Crippen LogP) is 1.42. The van der Waals surface area contributed by atoms with E-state index in [0.717, 1.165) is 6.42 Å². The van der Waals surface area contributed by atoms with E-state index in [9.17, 15) is 5.11 Å². The second kappa shape index (κ2) is 5.40. The second-order valence-electron chi connectivity index (χ2n) is 3.48. The maximum Gasteiger partial charge on any atom is 0.280 e. The maximum absolute atomic E-state index is 9.58. The van der Waals surface area contributed by atoms with E-state index in [-0.39, 0.29) is 11.6 Å². The van der Waals surface area contributed by atoms with Crippen molar-refractivity contribution in [2.24, 2.45) is 0 Å². The molecule has 0 radical (unpaired) electrons. The summed E-state index contributed by atoms with van der Waals surface area (Å²) in [6.07, 6.45) is 3.05. The van der Waals surface area contributed by atoms with E-state index in [2.05, 4.69) is 15.1 Å². The molecule has 0 saturated carbocycles. The van der Waals surface area contributed by atoms with E-state index < -0.39 is 0 Å². The van der Waals surface area contributed by atoms with E-state index in [1.807, 2.05) is 0 Å². The van der Waals surface area contributed by atoms with Crippen LogP contribution in [0.3, 0.4) is 0 Å². The SMILES string of the molecule is COCCCc1noc(-c2ncccc2O)n1. The van der Waals surface area contributed by atoms with Crippen molar-refractivity contribution in [3.63, 3.8) is 0 Å². The quantitative estimate of drug-likeness (QED) is 0.789. The van der Waals surface area contributed by atoms with Crippen LogP contribution in [-0.4, -0.2) is 33.9 Å². The largest absolute Gasteiger partial charge is 0.505 e. The van der Waals surface area contributed by atoms with Crippen LogP contribution in [0.4, 0.5) is 0 Å². The Morgan fingerprint density at radius 3 is 3.12 bits per heavy atom. The summed E-state index contributed by atoms with van der Waals surface area (Å²) in [5, 5.41) is 13.4. The molecular weight excluding hydrogens is 222 g/mol. The van der Waals surface area contributed by atoms with Gasteiger partial charge in [-0.05, 0) is 18.6 Å². The first-order chi connectivity index (χ1) is 8.31. The molecule has 0 spiro atoms. The lowest BCUT2D eigenvalue weighted by atomic mass is 10.3. The molecule has 6 heteroatoms. The van der Waals surface area contributed by atoms with Gasteiger partial charge < -0.3 is 14.4 Å². The number of aryl methyl sites for hydroxylation is 1. The third kappa shape index (κ3) is 2.79. The Balaban J connectivity index is 2.10. The Morgan fingerprint density at radius 2 is 2.35 bits per heavy atom. The zero-order valence-electron chi connectivity index (χ0n) is 9.46. The van der Waals surface area contributed by atoms with Crippen molar-refractivity contribution in [3.05, 3.63) is 24.2 Å². The highest BCUT2D eigenvalue weighted by molar-refractivity contribution is 5.55. The van der Waals surface area contributed by atoms with E-state index in [1.165, 1.54) is 6.07 Å². The van der Waals surface area contributed by atoms with Crippen LogP contribution in [0.1, 0.15) is 12.2 Å². The van der Waals surface area contributed by atoms with Crippen molar-refractivity contribution in [2.75, 3.05) is 13.7 Å². The summed E-state index contributed by atoms with van der Waals surface area (Å²) < 4.78 is 9.97. The highest BCUT2D eigenvalue weighted by Gasteiger charge is 2.13. The zero-order valence-corrected chi connectivity index (χ0v) is 9.46. The number of rotatable bonds is 5. The molecule has 17 heavy (non-hydrogen) atoms. The standard InChI is InChI=1S/C11H13N3O3/c1-16-7-3-5-9-13-11(17-14-9)10-8(15)4-2-6-12-10/h2,4,6,15H,3,5,7H2,1H3. The van der Waals surface area contributed by atoms with Gasteiger partial charge in [0.2, 0.25) is 0 Å². The minimum absolute atomic E-state index is 0.0274. The monoisotopic (exact) mass is 235 g/mol. The topological polar surface area (TPSA) is 81.3 Å². The number of pyridine rings is 1. The minimum Gasteiger partial charge on any atom is -0.505 e. The van der Waals surface area contributed by atoms with Crippen molar-refractivity contribution in [1.82, 2.24) is 15.1 Å². The summed E-state index contributed by atoms with van der Waals surface area (Å²) in [6.45, 7) is 0.651. The summed E-state index contributed by atoms with van der Waals surface area (Å²) >= 11 is 0. The summed E-state index contributed by atoms with van der Waals surface area (Å²) in [6, 6.07) is 3.16. The molecule has 0 amide bonds. The molecule has 2 aromatic rings. The normalized spacial score (nSPS) is 10.6. The molecule has 2 heterocycles. The Morgan fingerprint density at radius 1 is 1.47 bits per heavy atom. The van der Waals surface area contributed by atoms with Gasteiger partial charge in [0.1, 0.15) is 5.75 Å². The molecule has 2 aromatic heterocycles. The van der Waals surface area contributed by atoms with Crippen molar-refractivity contribution in [1.29, 1.82) is 0 Å². The van der Waals surface area contributed by atoms with Crippen LogP contribution in [0.5, 0.6) is 5.75 Å². The predicted molar refractivity (Wildman–Crippen MR) is 59.4 cm³/mol. The number of hydrogen-bond donors (Lipinski definition) is 1. The number of hydrogen-bond acceptors (Lipinski definition) is 6. The lowest BCUT2D eigenvalue weighted by Gasteiger charge is -1.95. The van der Waals surface area contributed by atoms with Gasteiger partial charge in [0.25, 0.3) is 5.89 Å². The Hall–Kier alpha value is -1.95. The van der Waals surface area contributed by atoms with Gasteiger partial charge in [0, 0.05) is 26.3 Å². The number of nitrogens with zero attached hydrogens (tertiary/aromatic N) is 3. The van der Waals surface area contributed by atoms with E-state index in [1.54, 1.807) is 19.4 Å². The molecule has 0 aromatic carbocycles. The fourth-order valence-electron chi connectivity index (χ4n) is 1.39. The van der Waals surface area contributed by atoms with Crippen LogP contribution in [0.15, 0.2) is 22.9 Å². The Kier molecular flexibility index (Phi) is 3.66. The molecule has 6 nitrogen and oxygen atoms in total. The van der Waals surface area contributed by atoms with Gasteiger partial charge in [-0.25, -0.2) is 4.98 Å². The third-order valence-corrected chi connectivity index (χ3v) is 2.21. The van der Waals surface area contributed by atoms with Crippen LogP contribution in [0.25, 0.3) is 11.6 Å². The van der Waals surface area contributed by atoms with Gasteiger partial charge in [-0.15, -0.1) is 0 Å². The average Bonchev–Trinajstić information content (AvgIpc) is 2.79. The van der Waals surface area contributed by atoms with E-state index in [4.69, 9.17) is 9.26 Å². The Bertz CT molecular complexity index is 484. The molecule has 0 unspecified atom stereocenters. The molecule has 0 saturated heterocycles. The van der Waals surface area contributed by atoms with Crippen molar-refractivity contribution in [3.8, 4) is 17.3 Å². The fourth-order valence-corrected chi connectivity index (χ4v) is 1.39. The van der Waals surface area contributed by atoms with Crippen LogP contribution in [-0.2, 0) is 11.2 Å². The number of methoxy groups -OCH3 is 1. The zero-order chi connectivity index (χ0) is 12.1. The molecule has 2 rings (SSSR count). The van der Waals surface area contributed by atoms with E-state index in [0.29, 0.717) is 24.5 Å². The van der Waals surface area contributed by atoms with Gasteiger partial charge in [-0.3, -0.25) is 0 Å². The van der Waals surface area contributed by atoms with Crippen LogP contribution < -0.4 is 0 Å². The van der Waals surface area contributed by atoms with Gasteiger partial charge in [-0.1, -0.05) is 5.16 Å². The van der Waals surface area contributed by atoms with E-state index >= 15 is 0 Å². The van der Waals surface area contributed by atoms with Crippen LogP contribution in [0.2, 0.25) is 0 Å². The van der Waals surface area contributed by atoms with Crippen LogP contribution >= 0.6 is 0 Å². The van der Waals surface area contributed by atoms with Gasteiger partial charge >= 0.3 is 0 Å². The molecule has 0 aliphatic rings. The summed E-state index contributed by atoms with van der Waals surface area (Å²) in [5.74, 6) is 0.845. The van der Waals surface area contributed by atoms with Crippen molar-refractivity contribution >= 4 is 0 Å². The summed E-state index contributed by atoms with van der Waals surface area (Å²) in [5.41, 5.74) is 0.304. The molecule has 0 atom stereocenters. The summed E-state index contributed by atoms with van der Waals surface area (Å²) in [7, 11) is 1.65. The van der Waals surface area contributed by atoms with Gasteiger partial charge in [0.05, 0.1) is 0 Å². The molecule has 0 aliphatic carbocycles. The molecule has 90 valence electrons. The van der Waals surface area contributed by atoms with Gasteiger partial charge in [-0.2, -0.15) is 4.98 Å². The first-order valence-corrected chi connectivity index (χ1v) is 5.27. The molecule has 0 aliphatic heterocycles. The average molecular weight is 235 g/mol. The number of aromatic nitrogens is 3. The second-order valence-corrected chi connectivity index (χ2v) is 3.48. The molecule has 0 fully saturated rings. The fraction of sp³-hybridized carbons (Fsp3) is 0.364. The summed E-state index contributed by atoms with van der Waals surface area (Å²) in [4.78, 5) is 8.14. The van der Waals surface area contributed by atoms with Crippen molar-refractivity contribution in [2.45, 2.75) is 12.8 Å². The highest BCUT2D eigenvalue weighted by atomic mass is 16.5. The molecule has 1 N–H and O–H groups in total. The first kappa shape index (κ1) is 11.5. The third-order valence-electron chi connectivity index (χ3n) is 2.21. The molecular formula is C11H13N3O3. The Labute approximate surface area is 98.3 Å². The van der Waals surface area contributed by atoms with Crippen molar-refractivity contribution < 1.29 is 14.4 Å².